The number of aromatic hydroxyl groups is 1. The largest absolute Gasteiger partial charge is 0.506 e. The molecule has 0 bridgehead atoms. The molecule has 156 valence electrons. The average Bonchev–Trinajstić information content (AvgIpc) is 2.66. The fraction of sp³-hybridized carbons (Fsp3) is 0.200. The number of rotatable bonds is 2. The Morgan fingerprint density at radius 3 is 2.33 bits per heavy atom. The van der Waals surface area contributed by atoms with E-state index in [0.717, 1.165) is 28.8 Å². The van der Waals surface area contributed by atoms with Crippen molar-refractivity contribution in [3.05, 3.63) is 69.3 Å². The van der Waals surface area contributed by atoms with Gasteiger partial charge in [-0.05, 0) is 29.8 Å². The molecule has 0 saturated heterocycles. The van der Waals surface area contributed by atoms with E-state index in [1.165, 1.54) is 24.1 Å². The number of hydrogen-bond acceptors (Lipinski definition) is 4. The molecule has 1 aliphatic rings. The van der Waals surface area contributed by atoms with Crippen LogP contribution in [0.4, 0.5) is 23.2 Å². The van der Waals surface area contributed by atoms with Gasteiger partial charge in [-0.15, -0.1) is 0 Å². The molecule has 1 unspecified atom stereocenters. The van der Waals surface area contributed by atoms with E-state index in [2.05, 4.69) is 0 Å². The van der Waals surface area contributed by atoms with Gasteiger partial charge in [0.2, 0.25) is 0 Å². The standard InChI is InChI=1S/C20H14F4N2O4/c1-25-8-13(9-2-4-10(5-3-9)20(22,23)24)26-15-11(6-7-12(21)16(15)25)17(27)14(18(26)28)19(29)30/h2-7,13,27H,8H2,1H3,(H,29,30). The Labute approximate surface area is 166 Å². The highest BCUT2D eigenvalue weighted by molar-refractivity contribution is 6.03. The number of anilines is 1. The smallest absolute Gasteiger partial charge is 0.416 e. The van der Waals surface area contributed by atoms with Gasteiger partial charge >= 0.3 is 12.1 Å². The van der Waals surface area contributed by atoms with Crippen LogP contribution in [0.15, 0.2) is 41.2 Å². The second kappa shape index (κ2) is 6.48. The molecule has 10 heteroatoms. The van der Waals surface area contributed by atoms with Crippen LogP contribution in [0.2, 0.25) is 0 Å². The summed E-state index contributed by atoms with van der Waals surface area (Å²) in [5, 5.41) is 19.7. The maximum atomic E-state index is 14.5. The Balaban J connectivity index is 2.06. The number of carboxylic acid groups (broad SMARTS) is 1. The molecule has 3 aromatic rings. The molecular formula is C20H14F4N2O4. The molecule has 0 aliphatic carbocycles. The highest BCUT2D eigenvalue weighted by Gasteiger charge is 2.35. The molecule has 2 heterocycles. The molecule has 6 nitrogen and oxygen atoms in total. The molecule has 0 saturated carbocycles. The Hall–Kier alpha value is -3.56. The van der Waals surface area contributed by atoms with Crippen molar-refractivity contribution in [2.24, 2.45) is 0 Å². The van der Waals surface area contributed by atoms with Crippen molar-refractivity contribution < 1.29 is 32.6 Å². The van der Waals surface area contributed by atoms with Crippen molar-refractivity contribution in [2.75, 3.05) is 18.5 Å². The Morgan fingerprint density at radius 2 is 1.77 bits per heavy atom. The van der Waals surface area contributed by atoms with Crippen molar-refractivity contribution in [1.82, 2.24) is 4.57 Å². The van der Waals surface area contributed by atoms with Gasteiger partial charge in [0.15, 0.2) is 5.56 Å². The van der Waals surface area contributed by atoms with Gasteiger partial charge in [-0.25, -0.2) is 9.18 Å². The SMILES string of the molecule is CN1CC(c2ccc(C(F)(F)F)cc2)n2c(=O)c(C(=O)O)c(O)c3ccc(F)c1c32. The molecule has 1 aliphatic heterocycles. The number of likely N-dealkylation sites (N-methyl/N-ethyl adjacent to an activating group) is 1. The topological polar surface area (TPSA) is 82.8 Å². The summed E-state index contributed by atoms with van der Waals surface area (Å²) in [5.74, 6) is -3.15. The van der Waals surface area contributed by atoms with Crippen LogP contribution in [0, 0.1) is 5.82 Å². The number of alkyl halides is 3. The zero-order chi connectivity index (χ0) is 22.0. The zero-order valence-corrected chi connectivity index (χ0v) is 15.4. The van der Waals surface area contributed by atoms with Crippen LogP contribution < -0.4 is 10.5 Å². The summed E-state index contributed by atoms with van der Waals surface area (Å²) in [4.78, 5) is 26.1. The van der Waals surface area contributed by atoms with Crippen molar-refractivity contribution in [1.29, 1.82) is 0 Å². The van der Waals surface area contributed by atoms with Gasteiger partial charge in [-0.1, -0.05) is 12.1 Å². The van der Waals surface area contributed by atoms with E-state index >= 15 is 0 Å². The summed E-state index contributed by atoms with van der Waals surface area (Å²) in [7, 11) is 1.53. The first-order valence-electron chi connectivity index (χ1n) is 8.73. The number of halogens is 4. The highest BCUT2D eigenvalue weighted by atomic mass is 19.4. The third-order valence-corrected chi connectivity index (χ3v) is 5.24. The highest BCUT2D eigenvalue weighted by Crippen LogP contribution is 2.41. The quantitative estimate of drug-likeness (QED) is 0.617. The van der Waals surface area contributed by atoms with E-state index in [1.807, 2.05) is 0 Å². The monoisotopic (exact) mass is 422 g/mol. The summed E-state index contributed by atoms with van der Waals surface area (Å²) < 4.78 is 54.3. The lowest BCUT2D eigenvalue weighted by Crippen LogP contribution is -2.41. The van der Waals surface area contributed by atoms with Crippen LogP contribution in [-0.2, 0) is 6.18 Å². The van der Waals surface area contributed by atoms with E-state index in [1.54, 1.807) is 0 Å². The normalized spacial score (nSPS) is 16.2. The van der Waals surface area contributed by atoms with Crippen LogP contribution in [-0.4, -0.2) is 34.3 Å². The van der Waals surface area contributed by atoms with Crippen LogP contribution >= 0.6 is 0 Å². The Bertz CT molecular complexity index is 1250. The van der Waals surface area contributed by atoms with E-state index in [-0.39, 0.29) is 23.1 Å². The molecule has 0 amide bonds. The van der Waals surface area contributed by atoms with E-state index in [0.29, 0.717) is 5.56 Å². The minimum atomic E-state index is -4.54. The van der Waals surface area contributed by atoms with Gasteiger partial charge in [-0.3, -0.25) is 9.36 Å². The molecule has 1 aromatic heterocycles. The lowest BCUT2D eigenvalue weighted by Gasteiger charge is -2.35. The number of hydrogen-bond donors (Lipinski definition) is 2. The van der Waals surface area contributed by atoms with Crippen LogP contribution in [0.3, 0.4) is 0 Å². The van der Waals surface area contributed by atoms with Gasteiger partial charge < -0.3 is 15.1 Å². The van der Waals surface area contributed by atoms with Crippen LogP contribution in [0.25, 0.3) is 10.9 Å². The van der Waals surface area contributed by atoms with Crippen LogP contribution in [0.1, 0.15) is 27.5 Å². The summed E-state index contributed by atoms with van der Waals surface area (Å²) >= 11 is 0. The first-order chi connectivity index (χ1) is 14.0. The predicted molar refractivity (Wildman–Crippen MR) is 99.6 cm³/mol. The second-order valence-electron chi connectivity index (χ2n) is 7.01. The molecule has 1 atom stereocenters. The molecule has 4 rings (SSSR count). The zero-order valence-electron chi connectivity index (χ0n) is 15.4. The predicted octanol–water partition coefficient (Wildman–Crippen LogP) is 3.60. The average molecular weight is 422 g/mol. The Kier molecular flexibility index (Phi) is 4.26. The number of aromatic carboxylic acids is 1. The number of aromatic nitrogens is 1. The summed E-state index contributed by atoms with van der Waals surface area (Å²) in [5.41, 5.74) is -2.58. The number of nitrogens with zero attached hydrogens (tertiary/aromatic N) is 2. The van der Waals surface area contributed by atoms with Crippen molar-refractivity contribution >= 4 is 22.6 Å². The summed E-state index contributed by atoms with van der Waals surface area (Å²) in [6, 6.07) is 5.41. The first kappa shape index (κ1) is 19.7. The maximum absolute atomic E-state index is 14.5. The third-order valence-electron chi connectivity index (χ3n) is 5.24. The molecule has 0 spiro atoms. The minimum Gasteiger partial charge on any atom is -0.506 e. The van der Waals surface area contributed by atoms with Crippen molar-refractivity contribution in [3.8, 4) is 5.75 Å². The number of benzene rings is 2. The number of pyridine rings is 1. The van der Waals surface area contributed by atoms with Gasteiger partial charge in [0.05, 0.1) is 22.8 Å². The molecule has 0 radical (unpaired) electrons. The van der Waals surface area contributed by atoms with Gasteiger partial charge in [-0.2, -0.15) is 13.2 Å². The van der Waals surface area contributed by atoms with E-state index in [4.69, 9.17) is 0 Å². The lowest BCUT2D eigenvalue weighted by molar-refractivity contribution is -0.137. The Morgan fingerprint density at radius 1 is 1.13 bits per heavy atom. The molecule has 30 heavy (non-hydrogen) atoms. The first-order valence-corrected chi connectivity index (χ1v) is 8.73. The van der Waals surface area contributed by atoms with Crippen molar-refractivity contribution in [3.63, 3.8) is 0 Å². The minimum absolute atomic E-state index is 0.00185. The van der Waals surface area contributed by atoms with E-state index in [9.17, 15) is 37.4 Å². The lowest BCUT2D eigenvalue weighted by atomic mass is 9.98. The van der Waals surface area contributed by atoms with Gasteiger partial charge in [0.25, 0.3) is 5.56 Å². The fourth-order valence-electron chi connectivity index (χ4n) is 3.88. The maximum Gasteiger partial charge on any atom is 0.416 e. The third kappa shape index (κ3) is 2.78. The van der Waals surface area contributed by atoms with Crippen LogP contribution in [0.5, 0.6) is 5.75 Å². The summed E-state index contributed by atoms with van der Waals surface area (Å²) in [6.45, 7) is -0.00185. The van der Waals surface area contributed by atoms with Gasteiger partial charge in [0.1, 0.15) is 11.6 Å². The second-order valence-corrected chi connectivity index (χ2v) is 7.01. The van der Waals surface area contributed by atoms with E-state index < -0.39 is 46.4 Å². The molecular weight excluding hydrogens is 408 g/mol. The molecule has 2 N–H and O–H groups in total. The van der Waals surface area contributed by atoms with Gasteiger partial charge in [0, 0.05) is 19.0 Å². The summed E-state index contributed by atoms with van der Waals surface area (Å²) in [6.07, 6.45) is -4.54. The number of carboxylic acids is 1. The fourth-order valence-corrected chi connectivity index (χ4v) is 3.88. The van der Waals surface area contributed by atoms with Crippen molar-refractivity contribution in [2.45, 2.75) is 12.2 Å². The number of carbonyl (C=O) groups is 1. The molecule has 2 aromatic carbocycles. The molecule has 0 fully saturated rings.